The maximum Gasteiger partial charge on any atom is 0.335 e. The third-order valence-electron chi connectivity index (χ3n) is 3.65. The fraction of sp³-hybridized carbons (Fsp3) is 0.333. The predicted octanol–water partition coefficient (Wildman–Crippen LogP) is 5.02. The monoisotopic (exact) mass is 491 g/mol. The molecule has 0 fully saturated rings. The Labute approximate surface area is 174 Å². The van der Waals surface area contributed by atoms with Crippen LogP contribution < -0.4 is 9.46 Å². The van der Waals surface area contributed by atoms with Crippen molar-refractivity contribution in [1.82, 2.24) is 0 Å². The molecule has 0 unspecified atom stereocenters. The number of benzene rings is 2. The second-order valence-corrected chi connectivity index (χ2v) is 10.3. The van der Waals surface area contributed by atoms with Crippen molar-refractivity contribution in [2.75, 3.05) is 25.0 Å². The lowest BCUT2D eigenvalue weighted by Gasteiger charge is -2.17. The number of methoxy groups -OCH3 is 1. The minimum Gasteiger partial charge on any atom is -0.495 e. The summed E-state index contributed by atoms with van der Waals surface area (Å²) < 4.78 is 56.9. The van der Waals surface area contributed by atoms with E-state index in [9.17, 15) is 13.0 Å². The topological polar surface area (TPSA) is 90.9 Å². The van der Waals surface area contributed by atoms with Crippen molar-refractivity contribution in [3.63, 3.8) is 0 Å². The molecule has 0 heterocycles. The van der Waals surface area contributed by atoms with Gasteiger partial charge in [0.1, 0.15) is 10.6 Å². The van der Waals surface area contributed by atoms with Crippen LogP contribution in [0.3, 0.4) is 0 Å². The van der Waals surface area contributed by atoms with E-state index in [2.05, 4.69) is 20.7 Å². The average Bonchev–Trinajstić information content (AvgIpc) is 2.63. The molecule has 0 bridgehead atoms. The Hall–Kier alpha value is -1.38. The molecule has 0 spiro atoms. The minimum absolute atomic E-state index is 0.0191. The van der Waals surface area contributed by atoms with Gasteiger partial charge < -0.3 is 13.8 Å². The zero-order valence-corrected chi connectivity index (χ0v) is 19.1. The van der Waals surface area contributed by atoms with E-state index in [0.717, 1.165) is 0 Å². The van der Waals surface area contributed by atoms with Gasteiger partial charge in [0.25, 0.3) is 10.0 Å². The van der Waals surface area contributed by atoms with Crippen molar-refractivity contribution < 1.29 is 26.8 Å². The first-order valence-electron chi connectivity index (χ1n) is 8.56. The fourth-order valence-corrected chi connectivity index (χ4v) is 5.96. The lowest BCUT2D eigenvalue weighted by atomic mass is 10.2. The Balaban J connectivity index is 2.20. The number of anilines is 1. The first kappa shape index (κ1) is 22.9. The summed E-state index contributed by atoms with van der Waals surface area (Å²) in [7, 11) is -5.67. The van der Waals surface area contributed by atoms with Crippen molar-refractivity contribution in [3.8, 4) is 5.75 Å². The minimum atomic E-state index is -3.85. The van der Waals surface area contributed by atoms with Crippen LogP contribution in [0.1, 0.15) is 19.4 Å². The molecule has 154 valence electrons. The number of halogens is 1. The number of hydrogen-bond acceptors (Lipinski definition) is 6. The van der Waals surface area contributed by atoms with Gasteiger partial charge in [-0.3, -0.25) is 9.29 Å². The van der Waals surface area contributed by atoms with Crippen molar-refractivity contribution in [3.05, 3.63) is 52.5 Å². The molecule has 0 radical (unpaired) electrons. The van der Waals surface area contributed by atoms with E-state index >= 15 is 0 Å². The van der Waals surface area contributed by atoms with Gasteiger partial charge in [-0.15, -0.1) is 0 Å². The van der Waals surface area contributed by atoms with E-state index in [4.69, 9.17) is 13.8 Å². The molecule has 0 amide bonds. The highest BCUT2D eigenvalue weighted by Crippen LogP contribution is 2.51. The second-order valence-electron chi connectivity index (χ2n) is 5.70. The number of ether oxygens (including phenoxy) is 1. The zero-order valence-electron chi connectivity index (χ0n) is 15.8. The summed E-state index contributed by atoms with van der Waals surface area (Å²) >= 11 is 3.27. The maximum atomic E-state index is 12.7. The van der Waals surface area contributed by atoms with Crippen molar-refractivity contribution in [2.45, 2.75) is 24.9 Å². The molecular weight excluding hydrogens is 469 g/mol. The fourth-order valence-electron chi connectivity index (χ4n) is 2.49. The van der Waals surface area contributed by atoms with Crippen LogP contribution in [-0.4, -0.2) is 28.7 Å². The van der Waals surface area contributed by atoms with E-state index in [1.165, 1.54) is 13.2 Å². The summed E-state index contributed by atoms with van der Waals surface area (Å²) in [4.78, 5) is 0.0191. The summed E-state index contributed by atoms with van der Waals surface area (Å²) in [6.45, 7) is 4.06. The Morgan fingerprint density at radius 3 is 2.18 bits per heavy atom. The highest BCUT2D eigenvalue weighted by Gasteiger charge is 2.24. The van der Waals surface area contributed by atoms with Crippen LogP contribution in [0.4, 0.5) is 5.69 Å². The molecule has 2 aromatic rings. The van der Waals surface area contributed by atoms with Gasteiger partial charge in [0, 0.05) is 10.2 Å². The van der Waals surface area contributed by atoms with Gasteiger partial charge >= 0.3 is 7.60 Å². The Morgan fingerprint density at radius 2 is 1.64 bits per heavy atom. The van der Waals surface area contributed by atoms with E-state index in [1.807, 2.05) is 0 Å². The SMILES string of the molecule is CCOP(=O)(Cc1ccc(NS(=O)(=O)c2cc(Br)ccc2OC)cc1)OCC. The maximum absolute atomic E-state index is 12.7. The smallest absolute Gasteiger partial charge is 0.335 e. The molecule has 0 aromatic heterocycles. The molecule has 10 heteroatoms. The van der Waals surface area contributed by atoms with Gasteiger partial charge in [0.2, 0.25) is 0 Å². The van der Waals surface area contributed by atoms with E-state index in [0.29, 0.717) is 15.7 Å². The van der Waals surface area contributed by atoms with Gasteiger partial charge in [-0.25, -0.2) is 8.42 Å². The largest absolute Gasteiger partial charge is 0.495 e. The van der Waals surface area contributed by atoms with E-state index in [1.54, 1.807) is 50.2 Å². The van der Waals surface area contributed by atoms with E-state index < -0.39 is 17.6 Å². The summed E-state index contributed by atoms with van der Waals surface area (Å²) in [6.07, 6.45) is 0.112. The number of hydrogen-bond donors (Lipinski definition) is 1. The lowest BCUT2D eigenvalue weighted by molar-refractivity contribution is 0.219. The molecule has 0 aliphatic rings. The van der Waals surface area contributed by atoms with Crippen LogP contribution >= 0.6 is 23.5 Å². The highest BCUT2D eigenvalue weighted by atomic mass is 79.9. The Bertz CT molecular complexity index is 939. The van der Waals surface area contributed by atoms with Gasteiger partial charge in [0.15, 0.2) is 0 Å². The van der Waals surface area contributed by atoms with E-state index in [-0.39, 0.29) is 30.0 Å². The Kier molecular flexibility index (Phi) is 8.09. The van der Waals surface area contributed by atoms with Crippen LogP contribution in [0.2, 0.25) is 0 Å². The zero-order chi connectivity index (χ0) is 20.8. The average molecular weight is 492 g/mol. The molecule has 7 nitrogen and oxygen atoms in total. The highest BCUT2D eigenvalue weighted by molar-refractivity contribution is 9.10. The van der Waals surface area contributed by atoms with Crippen LogP contribution in [0.15, 0.2) is 51.8 Å². The Morgan fingerprint density at radius 1 is 1.04 bits per heavy atom. The standard InChI is InChI=1S/C18H23BrNO6PS/c1-4-25-27(21,26-5-2)13-14-6-9-16(10-7-14)20-28(22,23)18-12-15(19)8-11-17(18)24-3/h6-12,20H,4-5,13H2,1-3H3. The molecule has 0 aliphatic heterocycles. The summed E-state index contributed by atoms with van der Waals surface area (Å²) in [5, 5.41) is 0. The van der Waals surface area contributed by atoms with Crippen LogP contribution in [0.5, 0.6) is 5.75 Å². The molecule has 0 saturated carbocycles. The van der Waals surface area contributed by atoms with Crippen LogP contribution in [0, 0.1) is 0 Å². The predicted molar refractivity (Wildman–Crippen MR) is 113 cm³/mol. The molecule has 2 rings (SSSR count). The molecule has 0 atom stereocenters. The van der Waals surface area contributed by atoms with Crippen LogP contribution in [-0.2, 0) is 29.8 Å². The summed E-state index contributed by atoms with van der Waals surface area (Å²) in [6, 6.07) is 11.3. The normalized spacial score (nSPS) is 12.0. The number of sulfonamides is 1. The van der Waals surface area contributed by atoms with Gasteiger partial charge in [0.05, 0.1) is 26.5 Å². The molecule has 0 saturated heterocycles. The van der Waals surface area contributed by atoms with Gasteiger partial charge in [-0.05, 0) is 49.7 Å². The van der Waals surface area contributed by atoms with Crippen molar-refractivity contribution in [2.24, 2.45) is 0 Å². The van der Waals surface area contributed by atoms with Gasteiger partial charge in [-0.2, -0.15) is 0 Å². The molecule has 2 aromatic carbocycles. The number of nitrogens with one attached hydrogen (secondary N) is 1. The van der Waals surface area contributed by atoms with Crippen molar-refractivity contribution >= 4 is 39.2 Å². The second kappa shape index (κ2) is 9.89. The summed E-state index contributed by atoms with van der Waals surface area (Å²) in [5.41, 5.74) is 1.08. The molecular formula is C18H23BrNO6PS. The van der Waals surface area contributed by atoms with Gasteiger partial charge in [-0.1, -0.05) is 28.1 Å². The first-order valence-corrected chi connectivity index (χ1v) is 12.6. The molecule has 28 heavy (non-hydrogen) atoms. The summed E-state index contributed by atoms with van der Waals surface area (Å²) in [5.74, 6) is 0.238. The number of rotatable bonds is 10. The third kappa shape index (κ3) is 6.06. The third-order valence-corrected chi connectivity index (χ3v) is 7.60. The lowest BCUT2D eigenvalue weighted by Crippen LogP contribution is -2.14. The molecule has 1 N–H and O–H groups in total. The van der Waals surface area contributed by atoms with Crippen LogP contribution in [0.25, 0.3) is 0 Å². The van der Waals surface area contributed by atoms with Crippen molar-refractivity contribution in [1.29, 1.82) is 0 Å². The quantitative estimate of drug-likeness (QED) is 0.469. The molecule has 0 aliphatic carbocycles. The first-order chi connectivity index (χ1) is 13.2.